The molecule has 0 unspecified atom stereocenters. The highest BCUT2D eigenvalue weighted by Gasteiger charge is 2.29. The maximum Gasteiger partial charge on any atom is 0.335 e. The maximum atomic E-state index is 9.77. The third kappa shape index (κ3) is 5.06. The van der Waals surface area contributed by atoms with E-state index in [-0.39, 0.29) is 0 Å². The van der Waals surface area contributed by atoms with E-state index >= 15 is 0 Å². The highest BCUT2D eigenvalue weighted by Crippen LogP contribution is 2.29. The Balaban J connectivity index is 0.000000225. The lowest BCUT2D eigenvalue weighted by Gasteiger charge is -2.18. The third-order valence-electron chi connectivity index (χ3n) is 3.39. The summed E-state index contributed by atoms with van der Waals surface area (Å²) in [5, 5.41) is 32.5. The predicted octanol–water partition coefficient (Wildman–Crippen LogP) is -0.274. The molecule has 0 saturated carbocycles. The Morgan fingerprint density at radius 1 is 1.27 bits per heavy atom. The molecule has 8 nitrogen and oxygen atoms in total. The fourth-order valence-electron chi connectivity index (χ4n) is 2.17. The molecule has 22 heavy (non-hydrogen) atoms. The van der Waals surface area contributed by atoms with Gasteiger partial charge in [0.15, 0.2) is 12.2 Å². The summed E-state index contributed by atoms with van der Waals surface area (Å²) in [5.41, 5.74) is 1.36. The maximum absolute atomic E-state index is 9.77. The van der Waals surface area contributed by atoms with Gasteiger partial charge in [-0.3, -0.25) is 9.88 Å². The number of hydrogen-bond acceptors (Lipinski definition) is 6. The molecule has 0 amide bonds. The van der Waals surface area contributed by atoms with Crippen LogP contribution in [0.5, 0.6) is 0 Å². The number of carboxylic acid groups (broad SMARTS) is 2. The topological polar surface area (TPSA) is 131 Å². The van der Waals surface area contributed by atoms with E-state index in [2.05, 4.69) is 23.0 Å². The van der Waals surface area contributed by atoms with Gasteiger partial charge in [-0.25, -0.2) is 9.59 Å². The zero-order valence-corrected chi connectivity index (χ0v) is 12.2. The Bertz CT molecular complexity index is 477. The number of carboxylic acids is 2. The van der Waals surface area contributed by atoms with Gasteiger partial charge in [-0.05, 0) is 38.1 Å². The molecule has 1 aromatic heterocycles. The van der Waals surface area contributed by atoms with Gasteiger partial charge in [0.25, 0.3) is 0 Å². The Labute approximate surface area is 127 Å². The molecule has 0 bridgehead atoms. The van der Waals surface area contributed by atoms with E-state index in [1.807, 2.05) is 18.5 Å². The van der Waals surface area contributed by atoms with Crippen LogP contribution < -0.4 is 0 Å². The molecule has 4 N–H and O–H groups in total. The Hall–Kier alpha value is -2.03. The first-order valence-electron chi connectivity index (χ1n) is 6.76. The standard InChI is InChI=1S/C10H14N2.C4H6O6/c1-12-7-3-5-10(12)9-4-2-6-11-8-9;5-1(3(7)8)2(6)4(9)10/h2,4,6,8,10H,3,5,7H2,1H3;1-2,5-6H,(H,7,8)(H,9,10)/t10-;1-,2-/m11/s1. The van der Waals surface area contributed by atoms with Gasteiger partial charge in [0, 0.05) is 18.4 Å². The third-order valence-corrected chi connectivity index (χ3v) is 3.39. The van der Waals surface area contributed by atoms with Crippen LogP contribution in [0.3, 0.4) is 0 Å². The summed E-state index contributed by atoms with van der Waals surface area (Å²) in [4.78, 5) is 26.1. The van der Waals surface area contributed by atoms with Crippen LogP contribution in [0.15, 0.2) is 24.5 Å². The normalized spacial score (nSPS) is 20.6. The van der Waals surface area contributed by atoms with Crippen molar-refractivity contribution in [2.24, 2.45) is 0 Å². The molecule has 3 atom stereocenters. The lowest BCUT2D eigenvalue weighted by Crippen LogP contribution is -2.39. The zero-order chi connectivity index (χ0) is 16.7. The summed E-state index contributed by atoms with van der Waals surface area (Å²) in [5.74, 6) is -3.54. The van der Waals surface area contributed by atoms with Gasteiger partial charge in [0.2, 0.25) is 0 Å². The van der Waals surface area contributed by atoms with Crippen LogP contribution in [-0.2, 0) is 9.59 Å². The van der Waals surface area contributed by atoms with E-state index < -0.39 is 24.1 Å². The number of carbonyl (C=O) groups is 2. The van der Waals surface area contributed by atoms with Crippen molar-refractivity contribution in [3.8, 4) is 0 Å². The Morgan fingerprint density at radius 2 is 1.86 bits per heavy atom. The first-order valence-corrected chi connectivity index (χ1v) is 6.76. The average Bonchev–Trinajstić information content (AvgIpc) is 2.93. The summed E-state index contributed by atoms with van der Waals surface area (Å²) < 4.78 is 0. The van der Waals surface area contributed by atoms with Gasteiger partial charge in [0.1, 0.15) is 0 Å². The SMILES string of the molecule is CN1CCC[C@@H]1c1cccnc1.O=C(O)[C@H](O)[C@@H](O)C(=O)O. The van der Waals surface area contributed by atoms with Crippen LogP contribution in [0.4, 0.5) is 0 Å². The monoisotopic (exact) mass is 312 g/mol. The average molecular weight is 312 g/mol. The van der Waals surface area contributed by atoms with E-state index in [0.29, 0.717) is 6.04 Å². The molecule has 1 fully saturated rings. The summed E-state index contributed by atoms with van der Waals surface area (Å²) in [6.07, 6.45) is 1.87. The molecule has 2 heterocycles. The van der Waals surface area contributed by atoms with Gasteiger partial charge in [-0.15, -0.1) is 0 Å². The molecular formula is C14H20N2O6. The van der Waals surface area contributed by atoms with Crippen molar-refractivity contribution in [3.63, 3.8) is 0 Å². The van der Waals surface area contributed by atoms with Crippen LogP contribution in [0, 0.1) is 0 Å². The molecule has 1 saturated heterocycles. The second-order valence-electron chi connectivity index (χ2n) is 4.99. The number of rotatable bonds is 4. The number of pyridine rings is 1. The molecular weight excluding hydrogens is 292 g/mol. The number of aromatic nitrogens is 1. The fraction of sp³-hybridized carbons (Fsp3) is 0.500. The first kappa shape index (κ1) is 18.0. The van der Waals surface area contributed by atoms with Crippen molar-refractivity contribution in [1.29, 1.82) is 0 Å². The van der Waals surface area contributed by atoms with Crippen LogP contribution >= 0.6 is 0 Å². The lowest BCUT2D eigenvalue weighted by molar-refractivity contribution is -0.165. The van der Waals surface area contributed by atoms with E-state index in [1.165, 1.54) is 24.9 Å². The second-order valence-corrected chi connectivity index (χ2v) is 4.99. The van der Waals surface area contributed by atoms with Crippen molar-refractivity contribution in [2.45, 2.75) is 31.1 Å². The Morgan fingerprint density at radius 3 is 2.23 bits per heavy atom. The number of aliphatic hydroxyl groups is 2. The minimum atomic E-state index is -2.27. The van der Waals surface area contributed by atoms with Crippen molar-refractivity contribution >= 4 is 11.9 Å². The highest BCUT2D eigenvalue weighted by atomic mass is 16.4. The highest BCUT2D eigenvalue weighted by molar-refractivity contribution is 5.83. The van der Waals surface area contributed by atoms with Crippen LogP contribution in [0.2, 0.25) is 0 Å². The van der Waals surface area contributed by atoms with Gasteiger partial charge < -0.3 is 20.4 Å². The van der Waals surface area contributed by atoms with Crippen molar-refractivity contribution < 1.29 is 30.0 Å². The number of hydrogen-bond donors (Lipinski definition) is 4. The molecule has 122 valence electrons. The number of aliphatic hydroxyl groups excluding tert-OH is 2. The summed E-state index contributed by atoms with van der Waals surface area (Å²) in [7, 11) is 2.19. The Kier molecular flexibility index (Phi) is 6.90. The molecule has 0 aromatic carbocycles. The molecule has 8 heteroatoms. The minimum absolute atomic E-state index is 0.610. The second kappa shape index (κ2) is 8.42. The lowest BCUT2D eigenvalue weighted by atomic mass is 10.1. The molecule has 1 aliphatic heterocycles. The summed E-state index contributed by atoms with van der Waals surface area (Å²) >= 11 is 0. The molecule has 1 aromatic rings. The molecule has 1 aliphatic rings. The van der Waals surface area contributed by atoms with E-state index in [1.54, 1.807) is 0 Å². The fourth-order valence-corrected chi connectivity index (χ4v) is 2.17. The number of likely N-dealkylation sites (tertiary alicyclic amines) is 1. The first-order chi connectivity index (χ1) is 10.3. The van der Waals surface area contributed by atoms with Gasteiger partial charge in [-0.2, -0.15) is 0 Å². The summed E-state index contributed by atoms with van der Waals surface area (Å²) in [6, 6.07) is 4.79. The number of nitrogens with zero attached hydrogens (tertiary/aromatic N) is 2. The zero-order valence-electron chi connectivity index (χ0n) is 12.2. The smallest absolute Gasteiger partial charge is 0.335 e. The van der Waals surface area contributed by atoms with Crippen LogP contribution in [-0.4, -0.2) is 68.0 Å². The molecule has 0 spiro atoms. The van der Waals surface area contributed by atoms with Crippen LogP contribution in [0.25, 0.3) is 0 Å². The minimum Gasteiger partial charge on any atom is -0.479 e. The summed E-state index contributed by atoms with van der Waals surface area (Å²) in [6.45, 7) is 1.22. The molecule has 0 radical (unpaired) electrons. The van der Waals surface area contributed by atoms with Crippen molar-refractivity contribution in [1.82, 2.24) is 9.88 Å². The van der Waals surface area contributed by atoms with Crippen molar-refractivity contribution in [2.75, 3.05) is 13.6 Å². The van der Waals surface area contributed by atoms with Gasteiger partial charge in [0.05, 0.1) is 0 Å². The van der Waals surface area contributed by atoms with Crippen LogP contribution in [0.1, 0.15) is 24.4 Å². The van der Waals surface area contributed by atoms with E-state index in [0.717, 1.165) is 0 Å². The molecule has 2 rings (SSSR count). The van der Waals surface area contributed by atoms with Crippen molar-refractivity contribution in [3.05, 3.63) is 30.1 Å². The number of aliphatic carboxylic acids is 2. The van der Waals surface area contributed by atoms with E-state index in [9.17, 15) is 9.59 Å². The molecule has 0 aliphatic carbocycles. The van der Waals surface area contributed by atoms with Gasteiger partial charge >= 0.3 is 11.9 Å². The quantitative estimate of drug-likeness (QED) is 0.597. The van der Waals surface area contributed by atoms with E-state index in [4.69, 9.17) is 20.4 Å². The predicted molar refractivity (Wildman–Crippen MR) is 76.1 cm³/mol. The van der Waals surface area contributed by atoms with Gasteiger partial charge in [-0.1, -0.05) is 6.07 Å². The largest absolute Gasteiger partial charge is 0.479 e.